The third kappa shape index (κ3) is 3.46. The second-order valence-corrected chi connectivity index (χ2v) is 5.44. The molecule has 0 aliphatic rings. The standard InChI is InChI=1S/C17H13N3OS/c1-22-16(12-5-3-2-4-6-12)17(21)20-15-8-7-13(10-18)14(9-15)11-19/h2-9,16H,1H3,(H,20,21)/t16-/m1/s1. The average Bonchev–Trinajstić information content (AvgIpc) is 2.56. The van der Waals surface area contributed by atoms with Gasteiger partial charge in [-0.1, -0.05) is 30.3 Å². The first-order valence-electron chi connectivity index (χ1n) is 6.52. The quantitative estimate of drug-likeness (QED) is 0.938. The molecule has 5 heteroatoms. The number of nitrogens with zero attached hydrogens (tertiary/aromatic N) is 2. The number of carbonyl (C=O) groups is 1. The van der Waals surface area contributed by atoms with E-state index in [0.717, 1.165) is 5.56 Å². The zero-order valence-electron chi connectivity index (χ0n) is 11.9. The van der Waals surface area contributed by atoms with Crippen molar-refractivity contribution in [2.24, 2.45) is 0 Å². The fourth-order valence-corrected chi connectivity index (χ4v) is 2.74. The normalized spacial score (nSPS) is 11.0. The summed E-state index contributed by atoms with van der Waals surface area (Å²) in [5, 5.41) is 20.4. The van der Waals surface area contributed by atoms with Crippen molar-refractivity contribution in [2.45, 2.75) is 5.25 Å². The molecule has 0 bridgehead atoms. The van der Waals surface area contributed by atoms with E-state index in [9.17, 15) is 4.79 Å². The summed E-state index contributed by atoms with van der Waals surface area (Å²) in [5.41, 5.74) is 1.97. The first-order valence-corrected chi connectivity index (χ1v) is 7.81. The lowest BCUT2D eigenvalue weighted by Gasteiger charge is -2.15. The van der Waals surface area contributed by atoms with Crippen LogP contribution in [0.1, 0.15) is 21.9 Å². The van der Waals surface area contributed by atoms with Gasteiger partial charge in [0, 0.05) is 5.69 Å². The highest BCUT2D eigenvalue weighted by Gasteiger charge is 2.19. The number of nitrogens with one attached hydrogen (secondary N) is 1. The van der Waals surface area contributed by atoms with Gasteiger partial charge in [-0.15, -0.1) is 11.8 Å². The van der Waals surface area contributed by atoms with Gasteiger partial charge < -0.3 is 5.32 Å². The minimum atomic E-state index is -0.331. The molecule has 0 unspecified atom stereocenters. The van der Waals surface area contributed by atoms with E-state index in [1.807, 2.05) is 48.7 Å². The molecule has 2 rings (SSSR count). The number of benzene rings is 2. The maximum absolute atomic E-state index is 12.4. The number of thioether (sulfide) groups is 1. The first-order chi connectivity index (χ1) is 10.7. The van der Waals surface area contributed by atoms with Gasteiger partial charge in [0.2, 0.25) is 5.91 Å². The molecule has 22 heavy (non-hydrogen) atoms. The molecule has 1 amide bonds. The van der Waals surface area contributed by atoms with Crippen LogP contribution in [0.3, 0.4) is 0 Å². The molecule has 0 saturated carbocycles. The Labute approximate surface area is 133 Å². The molecule has 4 nitrogen and oxygen atoms in total. The van der Waals surface area contributed by atoms with Gasteiger partial charge in [-0.2, -0.15) is 10.5 Å². The SMILES string of the molecule is CS[C@@H](C(=O)Nc1ccc(C#N)c(C#N)c1)c1ccccc1. The molecule has 0 aliphatic heterocycles. The molecule has 108 valence electrons. The molecule has 0 heterocycles. The summed E-state index contributed by atoms with van der Waals surface area (Å²) < 4.78 is 0. The van der Waals surface area contributed by atoms with E-state index in [1.165, 1.54) is 23.9 Å². The molecule has 1 N–H and O–H groups in total. The molecule has 2 aromatic carbocycles. The summed E-state index contributed by atoms with van der Waals surface area (Å²) in [6.45, 7) is 0. The predicted octanol–water partition coefficient (Wildman–Crippen LogP) is 3.47. The van der Waals surface area contributed by atoms with Crippen LogP contribution >= 0.6 is 11.8 Å². The third-order valence-electron chi connectivity index (χ3n) is 3.10. The summed E-state index contributed by atoms with van der Waals surface area (Å²) in [4.78, 5) is 12.4. The maximum Gasteiger partial charge on any atom is 0.241 e. The zero-order chi connectivity index (χ0) is 15.9. The first kappa shape index (κ1) is 15.6. The Kier molecular flexibility index (Phi) is 5.19. The highest BCUT2D eigenvalue weighted by Crippen LogP contribution is 2.28. The van der Waals surface area contributed by atoms with Gasteiger partial charge in [0.15, 0.2) is 0 Å². The lowest BCUT2D eigenvalue weighted by atomic mass is 10.1. The summed E-state index contributed by atoms with van der Waals surface area (Å²) in [5.74, 6) is -0.160. The van der Waals surface area contributed by atoms with Crippen molar-refractivity contribution >= 4 is 23.4 Å². The van der Waals surface area contributed by atoms with Crippen LogP contribution in [0, 0.1) is 22.7 Å². The van der Waals surface area contributed by atoms with Crippen LogP contribution in [0.5, 0.6) is 0 Å². The minimum absolute atomic E-state index is 0.160. The van der Waals surface area contributed by atoms with Crippen LogP contribution < -0.4 is 5.32 Å². The van der Waals surface area contributed by atoms with E-state index in [-0.39, 0.29) is 16.7 Å². The average molecular weight is 307 g/mol. The highest BCUT2D eigenvalue weighted by molar-refractivity contribution is 7.99. The molecular formula is C17H13N3OS. The Bertz CT molecular complexity index is 760. The fourth-order valence-electron chi connectivity index (χ4n) is 2.04. The molecule has 0 radical (unpaired) electrons. The summed E-state index contributed by atoms with van der Waals surface area (Å²) >= 11 is 1.44. The number of rotatable bonds is 4. The largest absolute Gasteiger partial charge is 0.325 e. The van der Waals surface area contributed by atoms with Gasteiger partial charge >= 0.3 is 0 Å². The molecule has 0 fully saturated rings. The highest BCUT2D eigenvalue weighted by atomic mass is 32.2. The van der Waals surface area contributed by atoms with E-state index >= 15 is 0 Å². The molecular weight excluding hydrogens is 294 g/mol. The predicted molar refractivity (Wildman–Crippen MR) is 87.2 cm³/mol. The van der Waals surface area contributed by atoms with Gasteiger partial charge in [-0.3, -0.25) is 4.79 Å². The molecule has 0 saturated heterocycles. The molecule has 1 atom stereocenters. The van der Waals surface area contributed by atoms with Crippen molar-refractivity contribution < 1.29 is 4.79 Å². The number of hydrogen-bond acceptors (Lipinski definition) is 4. The molecule has 2 aromatic rings. The topological polar surface area (TPSA) is 76.7 Å². The fraction of sp³-hybridized carbons (Fsp3) is 0.118. The van der Waals surface area contributed by atoms with Gasteiger partial charge in [0.05, 0.1) is 11.1 Å². The number of carbonyl (C=O) groups excluding carboxylic acids is 1. The third-order valence-corrected chi connectivity index (χ3v) is 4.06. The van der Waals surface area contributed by atoms with Crippen molar-refractivity contribution in [3.63, 3.8) is 0 Å². The number of amides is 1. The van der Waals surface area contributed by atoms with Crippen LogP contribution in [-0.4, -0.2) is 12.2 Å². The Morgan fingerprint density at radius 3 is 2.36 bits per heavy atom. The van der Waals surface area contributed by atoms with Crippen molar-refractivity contribution in [1.82, 2.24) is 0 Å². The second-order valence-electron chi connectivity index (χ2n) is 4.50. The summed E-state index contributed by atoms with van der Waals surface area (Å²) in [6.07, 6.45) is 1.87. The Hall–Kier alpha value is -2.76. The maximum atomic E-state index is 12.4. The van der Waals surface area contributed by atoms with Crippen molar-refractivity contribution in [3.05, 3.63) is 65.2 Å². The number of nitriles is 2. The molecule has 0 aromatic heterocycles. The van der Waals surface area contributed by atoms with Crippen LogP contribution in [0.25, 0.3) is 0 Å². The van der Waals surface area contributed by atoms with Crippen molar-refractivity contribution in [1.29, 1.82) is 10.5 Å². The van der Waals surface area contributed by atoms with E-state index in [0.29, 0.717) is 11.3 Å². The molecule has 0 aliphatic carbocycles. The van der Waals surface area contributed by atoms with Crippen molar-refractivity contribution in [3.8, 4) is 12.1 Å². The smallest absolute Gasteiger partial charge is 0.241 e. The second kappa shape index (κ2) is 7.31. The van der Waals surface area contributed by atoms with E-state index in [2.05, 4.69) is 5.32 Å². The van der Waals surface area contributed by atoms with Gasteiger partial charge in [0.25, 0.3) is 0 Å². The van der Waals surface area contributed by atoms with E-state index < -0.39 is 0 Å². The Balaban J connectivity index is 2.22. The Morgan fingerprint density at radius 2 is 1.77 bits per heavy atom. The van der Waals surface area contributed by atoms with Crippen LogP contribution in [0.2, 0.25) is 0 Å². The Morgan fingerprint density at radius 1 is 1.09 bits per heavy atom. The number of hydrogen-bond donors (Lipinski definition) is 1. The van der Waals surface area contributed by atoms with Crippen LogP contribution in [0.4, 0.5) is 5.69 Å². The summed E-state index contributed by atoms with van der Waals surface area (Å²) in [7, 11) is 0. The monoisotopic (exact) mass is 307 g/mol. The van der Waals surface area contributed by atoms with Crippen LogP contribution in [0.15, 0.2) is 48.5 Å². The van der Waals surface area contributed by atoms with Gasteiger partial charge in [0.1, 0.15) is 17.4 Å². The summed E-state index contributed by atoms with van der Waals surface area (Å²) in [6, 6.07) is 18.1. The van der Waals surface area contributed by atoms with Crippen molar-refractivity contribution in [2.75, 3.05) is 11.6 Å². The van der Waals surface area contributed by atoms with Gasteiger partial charge in [-0.05, 0) is 30.0 Å². The van der Waals surface area contributed by atoms with Gasteiger partial charge in [-0.25, -0.2) is 0 Å². The lowest BCUT2D eigenvalue weighted by Crippen LogP contribution is -2.18. The zero-order valence-corrected chi connectivity index (χ0v) is 12.7. The molecule has 0 spiro atoms. The van der Waals surface area contributed by atoms with E-state index in [4.69, 9.17) is 10.5 Å². The minimum Gasteiger partial charge on any atom is -0.325 e. The van der Waals surface area contributed by atoms with E-state index in [1.54, 1.807) is 6.07 Å². The van der Waals surface area contributed by atoms with Crippen LogP contribution in [-0.2, 0) is 4.79 Å². The number of anilines is 1. The lowest BCUT2D eigenvalue weighted by molar-refractivity contribution is -0.115.